The van der Waals surface area contributed by atoms with Crippen LogP contribution in [-0.2, 0) is 16.0 Å². The number of fused-ring (bicyclic) bond motifs is 1. The number of hydrogen-bond acceptors (Lipinski definition) is 6. The SMILES string of the molecule is CCOc1ccc(C(O)=C2C(=O)C(=O)N(c3nc4ccc(CC)cc4s3)C2c2ccc(F)cc2)cc1. The number of anilines is 1. The van der Waals surface area contributed by atoms with Crippen molar-refractivity contribution in [2.45, 2.75) is 26.3 Å². The highest BCUT2D eigenvalue weighted by atomic mass is 32.1. The minimum atomic E-state index is -0.969. The van der Waals surface area contributed by atoms with Gasteiger partial charge in [0.05, 0.1) is 28.4 Å². The van der Waals surface area contributed by atoms with Crippen LogP contribution in [0.2, 0.25) is 0 Å². The van der Waals surface area contributed by atoms with E-state index in [0.717, 1.165) is 16.7 Å². The van der Waals surface area contributed by atoms with Gasteiger partial charge in [-0.05, 0) is 73.0 Å². The van der Waals surface area contributed by atoms with Gasteiger partial charge in [0.1, 0.15) is 17.3 Å². The number of Topliss-reactive ketones (excluding diaryl/α,β-unsaturated/α-hetero) is 1. The molecule has 0 saturated carbocycles. The molecule has 8 heteroatoms. The predicted molar refractivity (Wildman–Crippen MR) is 138 cm³/mol. The van der Waals surface area contributed by atoms with Crippen molar-refractivity contribution < 1.29 is 23.8 Å². The van der Waals surface area contributed by atoms with Crippen LogP contribution in [0.1, 0.15) is 36.6 Å². The Balaban J connectivity index is 1.67. The zero-order chi connectivity index (χ0) is 25.4. The van der Waals surface area contributed by atoms with Crippen LogP contribution < -0.4 is 9.64 Å². The van der Waals surface area contributed by atoms with Crippen molar-refractivity contribution in [2.75, 3.05) is 11.5 Å². The van der Waals surface area contributed by atoms with E-state index in [2.05, 4.69) is 11.9 Å². The lowest BCUT2D eigenvalue weighted by Gasteiger charge is -2.23. The number of ketones is 1. The lowest BCUT2D eigenvalue weighted by Crippen LogP contribution is -2.29. The molecule has 2 heterocycles. The number of rotatable bonds is 6. The molecule has 182 valence electrons. The highest BCUT2D eigenvalue weighted by Gasteiger charge is 2.48. The van der Waals surface area contributed by atoms with Gasteiger partial charge in [-0.25, -0.2) is 9.37 Å². The second-order valence-electron chi connectivity index (χ2n) is 8.33. The third kappa shape index (κ3) is 4.13. The topological polar surface area (TPSA) is 79.7 Å². The summed E-state index contributed by atoms with van der Waals surface area (Å²) in [7, 11) is 0. The molecule has 0 spiro atoms. The fourth-order valence-corrected chi connectivity index (χ4v) is 5.36. The van der Waals surface area contributed by atoms with Crippen LogP contribution in [0.4, 0.5) is 9.52 Å². The maximum Gasteiger partial charge on any atom is 0.301 e. The maximum absolute atomic E-state index is 13.7. The standard InChI is InChI=1S/C28H23FN2O4S/c1-3-16-5-14-21-22(15-16)36-28(30-21)31-24(17-6-10-19(29)11-7-17)23(26(33)27(31)34)25(32)18-8-12-20(13-9-18)35-4-2/h5-15,24,32H,3-4H2,1-2H3. The van der Waals surface area contributed by atoms with E-state index in [1.54, 1.807) is 24.3 Å². The lowest BCUT2D eigenvalue weighted by atomic mass is 9.95. The number of aryl methyl sites for hydroxylation is 1. The molecule has 1 aliphatic heterocycles. The van der Waals surface area contributed by atoms with Crippen LogP contribution in [0.5, 0.6) is 5.75 Å². The Morgan fingerprint density at radius 2 is 1.78 bits per heavy atom. The van der Waals surface area contributed by atoms with Gasteiger partial charge in [-0.15, -0.1) is 0 Å². The number of amides is 1. The Morgan fingerprint density at radius 1 is 1.06 bits per heavy atom. The van der Waals surface area contributed by atoms with E-state index in [9.17, 15) is 19.1 Å². The van der Waals surface area contributed by atoms with Gasteiger partial charge in [0.2, 0.25) is 0 Å². The summed E-state index contributed by atoms with van der Waals surface area (Å²) < 4.78 is 20.1. The molecule has 1 aromatic heterocycles. The van der Waals surface area contributed by atoms with Gasteiger partial charge in [0.15, 0.2) is 5.13 Å². The first kappa shape index (κ1) is 23.7. The third-order valence-electron chi connectivity index (χ3n) is 6.12. The Hall–Kier alpha value is -4.04. The van der Waals surface area contributed by atoms with Crippen molar-refractivity contribution in [1.82, 2.24) is 4.98 Å². The Bertz CT molecular complexity index is 1490. The van der Waals surface area contributed by atoms with Gasteiger partial charge in [-0.3, -0.25) is 14.5 Å². The van der Waals surface area contributed by atoms with E-state index in [1.807, 2.05) is 25.1 Å². The van der Waals surface area contributed by atoms with Crippen molar-refractivity contribution in [3.05, 3.63) is 94.8 Å². The summed E-state index contributed by atoms with van der Waals surface area (Å²) in [5.41, 5.74) is 2.60. The van der Waals surface area contributed by atoms with Crippen molar-refractivity contribution in [3.63, 3.8) is 0 Å². The molecule has 0 bridgehead atoms. The van der Waals surface area contributed by atoms with Crippen LogP contribution in [0.3, 0.4) is 0 Å². The largest absolute Gasteiger partial charge is 0.507 e. The summed E-state index contributed by atoms with van der Waals surface area (Å²) >= 11 is 1.30. The van der Waals surface area contributed by atoms with Gasteiger partial charge in [0, 0.05) is 5.56 Å². The van der Waals surface area contributed by atoms with Gasteiger partial charge in [0.25, 0.3) is 5.78 Å². The van der Waals surface area contributed by atoms with Gasteiger partial charge in [-0.2, -0.15) is 0 Å². The molecule has 1 saturated heterocycles. The minimum Gasteiger partial charge on any atom is -0.507 e. The molecule has 3 aromatic carbocycles. The minimum absolute atomic E-state index is 0.0794. The first-order valence-corrected chi connectivity index (χ1v) is 12.4. The zero-order valence-electron chi connectivity index (χ0n) is 19.7. The molecule has 1 aliphatic rings. The first-order chi connectivity index (χ1) is 17.4. The number of nitrogens with zero attached hydrogens (tertiary/aromatic N) is 2. The van der Waals surface area contributed by atoms with Crippen molar-refractivity contribution in [1.29, 1.82) is 0 Å². The third-order valence-corrected chi connectivity index (χ3v) is 7.14. The number of benzene rings is 3. The first-order valence-electron chi connectivity index (χ1n) is 11.6. The molecule has 36 heavy (non-hydrogen) atoms. The Kier molecular flexibility index (Phi) is 6.28. The van der Waals surface area contributed by atoms with Crippen LogP contribution >= 0.6 is 11.3 Å². The monoisotopic (exact) mass is 502 g/mol. The molecule has 1 amide bonds. The number of hydrogen-bond donors (Lipinski definition) is 1. The summed E-state index contributed by atoms with van der Waals surface area (Å²) in [5, 5.41) is 11.6. The van der Waals surface area contributed by atoms with E-state index >= 15 is 0 Å². The lowest BCUT2D eigenvalue weighted by molar-refractivity contribution is -0.132. The van der Waals surface area contributed by atoms with E-state index < -0.39 is 23.5 Å². The molecular weight excluding hydrogens is 479 g/mol. The molecule has 0 radical (unpaired) electrons. The molecule has 5 rings (SSSR count). The van der Waals surface area contributed by atoms with E-state index in [-0.39, 0.29) is 11.3 Å². The molecule has 1 atom stereocenters. The number of ether oxygens (including phenoxy) is 1. The average molecular weight is 503 g/mol. The molecule has 1 fully saturated rings. The second kappa shape index (κ2) is 9.54. The summed E-state index contributed by atoms with van der Waals surface area (Å²) in [6, 6.07) is 17.1. The zero-order valence-corrected chi connectivity index (χ0v) is 20.5. The summed E-state index contributed by atoms with van der Waals surface area (Å²) in [4.78, 5) is 32.6. The van der Waals surface area contributed by atoms with Crippen LogP contribution in [-0.4, -0.2) is 28.4 Å². The summed E-state index contributed by atoms with van der Waals surface area (Å²) in [5.74, 6) is -1.78. The summed E-state index contributed by atoms with van der Waals surface area (Å²) in [6.07, 6.45) is 0.853. The van der Waals surface area contributed by atoms with Crippen LogP contribution in [0.25, 0.3) is 16.0 Å². The van der Waals surface area contributed by atoms with E-state index in [4.69, 9.17) is 4.74 Å². The van der Waals surface area contributed by atoms with Crippen molar-refractivity contribution in [2.24, 2.45) is 0 Å². The summed E-state index contributed by atoms with van der Waals surface area (Å²) in [6.45, 7) is 4.41. The van der Waals surface area contributed by atoms with Gasteiger partial charge < -0.3 is 9.84 Å². The highest BCUT2D eigenvalue weighted by Crippen LogP contribution is 2.44. The van der Waals surface area contributed by atoms with Crippen LogP contribution in [0.15, 0.2) is 72.3 Å². The Labute approximate surface area is 211 Å². The number of aromatic nitrogens is 1. The molecule has 1 N–H and O–H groups in total. The van der Waals surface area contributed by atoms with E-state index in [0.29, 0.717) is 34.1 Å². The number of aliphatic hydroxyl groups is 1. The molecule has 6 nitrogen and oxygen atoms in total. The second-order valence-corrected chi connectivity index (χ2v) is 9.34. The van der Waals surface area contributed by atoms with Crippen molar-refractivity contribution in [3.8, 4) is 5.75 Å². The van der Waals surface area contributed by atoms with Gasteiger partial charge >= 0.3 is 5.91 Å². The Morgan fingerprint density at radius 3 is 2.44 bits per heavy atom. The molecule has 0 aliphatic carbocycles. The number of halogens is 1. The molecule has 1 unspecified atom stereocenters. The molecular formula is C28H23FN2O4S. The predicted octanol–water partition coefficient (Wildman–Crippen LogP) is 6.02. The fourth-order valence-electron chi connectivity index (χ4n) is 4.30. The van der Waals surface area contributed by atoms with E-state index in [1.165, 1.54) is 40.5 Å². The quantitative estimate of drug-likeness (QED) is 0.198. The average Bonchev–Trinajstić information content (AvgIpc) is 3.42. The normalized spacial score (nSPS) is 17.2. The highest BCUT2D eigenvalue weighted by molar-refractivity contribution is 7.22. The van der Waals surface area contributed by atoms with Gasteiger partial charge in [-0.1, -0.05) is 36.5 Å². The van der Waals surface area contributed by atoms with Crippen molar-refractivity contribution >= 4 is 44.1 Å². The number of aliphatic hydroxyl groups excluding tert-OH is 1. The van der Waals surface area contributed by atoms with Crippen LogP contribution in [0, 0.1) is 5.82 Å². The maximum atomic E-state index is 13.7. The number of carbonyl (C=O) groups excluding carboxylic acids is 2. The number of carbonyl (C=O) groups is 2. The number of thiazole rings is 1. The molecule has 4 aromatic rings. The fraction of sp³-hybridized carbons (Fsp3) is 0.179. The smallest absolute Gasteiger partial charge is 0.301 e.